The highest BCUT2D eigenvalue weighted by Gasteiger charge is 2.07. The summed E-state index contributed by atoms with van der Waals surface area (Å²) in [6.07, 6.45) is 1.62. The lowest BCUT2D eigenvalue weighted by Crippen LogP contribution is -2.24. The summed E-state index contributed by atoms with van der Waals surface area (Å²) in [6, 6.07) is 1.66. The van der Waals surface area contributed by atoms with Crippen molar-refractivity contribution in [3.63, 3.8) is 0 Å². The molecular formula is C10H13N3O. The number of aryl methyl sites for hydroxylation is 2. The van der Waals surface area contributed by atoms with E-state index in [2.05, 4.69) is 21.9 Å². The number of amides is 1. The van der Waals surface area contributed by atoms with E-state index in [-0.39, 0.29) is 5.91 Å². The Kier molecular flexibility index (Phi) is 3.34. The summed E-state index contributed by atoms with van der Waals surface area (Å²) in [5.74, 6) is 0.409. The van der Waals surface area contributed by atoms with E-state index in [1.807, 2.05) is 6.92 Å². The van der Waals surface area contributed by atoms with Crippen LogP contribution in [0.1, 0.15) is 22.0 Å². The molecule has 0 aliphatic heterocycles. The number of carbonyl (C=O) groups excluding carboxylic acids is 1. The molecule has 1 N–H and O–H groups in total. The van der Waals surface area contributed by atoms with Crippen LogP contribution >= 0.6 is 0 Å². The molecule has 1 rings (SSSR count). The van der Waals surface area contributed by atoms with E-state index in [9.17, 15) is 4.79 Å². The predicted octanol–water partition coefficient (Wildman–Crippen LogP) is 1.01. The summed E-state index contributed by atoms with van der Waals surface area (Å²) in [4.78, 5) is 19.6. The Morgan fingerprint density at radius 3 is 2.86 bits per heavy atom. The molecule has 0 aliphatic rings. The largest absolute Gasteiger partial charge is 0.347 e. The molecule has 0 saturated carbocycles. The Balaban J connectivity index is 2.84. The summed E-state index contributed by atoms with van der Waals surface area (Å²) < 4.78 is 0. The first kappa shape index (κ1) is 10.4. The average Bonchev–Trinajstić information content (AvgIpc) is 2.12. The van der Waals surface area contributed by atoms with E-state index in [0.29, 0.717) is 18.1 Å². The normalized spacial score (nSPS) is 9.57. The zero-order chi connectivity index (χ0) is 10.6. The van der Waals surface area contributed by atoms with Crippen LogP contribution in [0.5, 0.6) is 0 Å². The molecule has 0 radical (unpaired) electrons. The summed E-state index contributed by atoms with van der Waals surface area (Å²) in [7, 11) is 0. The molecule has 4 nitrogen and oxygen atoms in total. The molecule has 0 fully saturated rings. The number of rotatable bonds is 3. The molecule has 14 heavy (non-hydrogen) atoms. The van der Waals surface area contributed by atoms with E-state index in [1.165, 1.54) is 0 Å². The third-order valence-corrected chi connectivity index (χ3v) is 1.61. The molecule has 1 aromatic rings. The lowest BCUT2D eigenvalue weighted by molar-refractivity contribution is 0.0952. The Bertz CT molecular complexity index is 340. The van der Waals surface area contributed by atoms with Gasteiger partial charge in [0.25, 0.3) is 5.91 Å². The first-order chi connectivity index (χ1) is 6.63. The van der Waals surface area contributed by atoms with Gasteiger partial charge in [0.15, 0.2) is 0 Å². The summed E-state index contributed by atoms with van der Waals surface area (Å²) in [6.45, 7) is 7.55. The topological polar surface area (TPSA) is 54.9 Å². The third kappa shape index (κ3) is 2.65. The van der Waals surface area contributed by atoms with Gasteiger partial charge < -0.3 is 5.32 Å². The van der Waals surface area contributed by atoms with Gasteiger partial charge in [0.2, 0.25) is 0 Å². The van der Waals surface area contributed by atoms with Gasteiger partial charge in [-0.2, -0.15) is 0 Å². The number of carbonyl (C=O) groups is 1. The molecule has 0 unspecified atom stereocenters. The molecule has 0 bridgehead atoms. The van der Waals surface area contributed by atoms with Crippen LogP contribution in [0.3, 0.4) is 0 Å². The molecule has 74 valence electrons. The Morgan fingerprint density at radius 1 is 1.57 bits per heavy atom. The van der Waals surface area contributed by atoms with Crippen LogP contribution in [0.25, 0.3) is 0 Å². The van der Waals surface area contributed by atoms with E-state index in [4.69, 9.17) is 0 Å². The fraction of sp³-hybridized carbons (Fsp3) is 0.300. The van der Waals surface area contributed by atoms with Crippen molar-refractivity contribution in [1.29, 1.82) is 0 Å². The minimum Gasteiger partial charge on any atom is -0.347 e. The van der Waals surface area contributed by atoms with Crippen molar-refractivity contribution < 1.29 is 4.79 Å². The van der Waals surface area contributed by atoms with Crippen LogP contribution in [0, 0.1) is 13.8 Å². The Labute approximate surface area is 83.1 Å². The van der Waals surface area contributed by atoms with Gasteiger partial charge in [-0.15, -0.1) is 6.58 Å². The van der Waals surface area contributed by atoms with Crippen molar-refractivity contribution in [3.05, 3.63) is 35.9 Å². The van der Waals surface area contributed by atoms with E-state index in [0.717, 1.165) is 5.69 Å². The summed E-state index contributed by atoms with van der Waals surface area (Å²) >= 11 is 0. The number of hydrogen-bond acceptors (Lipinski definition) is 3. The number of nitrogens with one attached hydrogen (secondary N) is 1. The molecule has 0 atom stereocenters. The van der Waals surface area contributed by atoms with Gasteiger partial charge >= 0.3 is 0 Å². The van der Waals surface area contributed by atoms with Crippen molar-refractivity contribution in [2.75, 3.05) is 6.54 Å². The molecular weight excluding hydrogens is 178 g/mol. The number of nitrogens with zero attached hydrogens (tertiary/aromatic N) is 2. The minimum absolute atomic E-state index is 0.196. The van der Waals surface area contributed by atoms with Crippen molar-refractivity contribution >= 4 is 5.91 Å². The standard InChI is InChI=1S/C10H13N3O/c1-4-5-11-10(14)9-6-7(2)12-8(3)13-9/h4,6H,1,5H2,2-3H3,(H,11,14). The molecule has 1 heterocycles. The second-order valence-electron chi connectivity index (χ2n) is 2.94. The predicted molar refractivity (Wildman–Crippen MR) is 54.0 cm³/mol. The van der Waals surface area contributed by atoms with Crippen molar-refractivity contribution in [1.82, 2.24) is 15.3 Å². The first-order valence-electron chi connectivity index (χ1n) is 4.35. The van der Waals surface area contributed by atoms with Crippen LogP contribution < -0.4 is 5.32 Å². The lowest BCUT2D eigenvalue weighted by Gasteiger charge is -2.03. The molecule has 1 aromatic heterocycles. The van der Waals surface area contributed by atoms with Crippen molar-refractivity contribution in [2.45, 2.75) is 13.8 Å². The second-order valence-corrected chi connectivity index (χ2v) is 2.94. The third-order valence-electron chi connectivity index (χ3n) is 1.61. The zero-order valence-electron chi connectivity index (χ0n) is 8.37. The maximum absolute atomic E-state index is 11.5. The van der Waals surface area contributed by atoms with Crippen LogP contribution in [0.15, 0.2) is 18.7 Å². The molecule has 0 saturated heterocycles. The summed E-state index contributed by atoms with van der Waals surface area (Å²) in [5, 5.41) is 2.66. The SMILES string of the molecule is C=CCNC(=O)c1cc(C)nc(C)n1. The highest BCUT2D eigenvalue weighted by Crippen LogP contribution is 1.99. The van der Waals surface area contributed by atoms with E-state index in [1.54, 1.807) is 19.1 Å². The lowest BCUT2D eigenvalue weighted by atomic mass is 10.3. The van der Waals surface area contributed by atoms with E-state index >= 15 is 0 Å². The van der Waals surface area contributed by atoms with Crippen molar-refractivity contribution in [2.24, 2.45) is 0 Å². The van der Waals surface area contributed by atoms with E-state index < -0.39 is 0 Å². The minimum atomic E-state index is -0.196. The smallest absolute Gasteiger partial charge is 0.270 e. The molecule has 0 spiro atoms. The van der Waals surface area contributed by atoms with Crippen LogP contribution in [0.2, 0.25) is 0 Å². The number of aromatic nitrogens is 2. The quantitative estimate of drug-likeness (QED) is 0.725. The first-order valence-corrected chi connectivity index (χ1v) is 4.35. The van der Waals surface area contributed by atoms with Crippen LogP contribution in [-0.2, 0) is 0 Å². The number of hydrogen-bond donors (Lipinski definition) is 1. The van der Waals surface area contributed by atoms with Crippen LogP contribution in [0.4, 0.5) is 0 Å². The Hall–Kier alpha value is -1.71. The van der Waals surface area contributed by atoms with Gasteiger partial charge in [0.05, 0.1) is 0 Å². The van der Waals surface area contributed by atoms with Gasteiger partial charge in [-0.3, -0.25) is 4.79 Å². The fourth-order valence-corrected chi connectivity index (χ4v) is 1.09. The fourth-order valence-electron chi connectivity index (χ4n) is 1.09. The van der Waals surface area contributed by atoms with Gasteiger partial charge in [0.1, 0.15) is 11.5 Å². The maximum Gasteiger partial charge on any atom is 0.270 e. The average molecular weight is 191 g/mol. The van der Waals surface area contributed by atoms with Gasteiger partial charge in [-0.05, 0) is 19.9 Å². The Morgan fingerprint density at radius 2 is 2.29 bits per heavy atom. The molecule has 4 heteroatoms. The molecule has 1 amide bonds. The monoisotopic (exact) mass is 191 g/mol. The second kappa shape index (κ2) is 4.50. The van der Waals surface area contributed by atoms with Gasteiger partial charge in [0, 0.05) is 12.2 Å². The van der Waals surface area contributed by atoms with Gasteiger partial charge in [-0.1, -0.05) is 6.08 Å². The highest BCUT2D eigenvalue weighted by atomic mass is 16.1. The highest BCUT2D eigenvalue weighted by molar-refractivity contribution is 5.92. The van der Waals surface area contributed by atoms with Gasteiger partial charge in [-0.25, -0.2) is 9.97 Å². The molecule has 0 aromatic carbocycles. The van der Waals surface area contributed by atoms with Crippen LogP contribution in [-0.4, -0.2) is 22.4 Å². The molecule has 0 aliphatic carbocycles. The maximum atomic E-state index is 11.5. The van der Waals surface area contributed by atoms with Crippen molar-refractivity contribution in [3.8, 4) is 0 Å². The summed E-state index contributed by atoms with van der Waals surface area (Å²) in [5.41, 5.74) is 1.19. The zero-order valence-corrected chi connectivity index (χ0v) is 8.37.